The van der Waals surface area contributed by atoms with Gasteiger partial charge < -0.3 is 20.7 Å². The molecular formula is C18H25N3O3. The normalized spacial score (nSPS) is 21.0. The standard InChI is InChI=1S/C18H25N3O3/c19-17(22)14-9-10-21(12-14)18(23)20-11-13-5-1-4-8-16(13)24-15-6-2-3-7-15/h1,4-5,8,14-15H,2-3,6-7,9-12H2,(H2,19,22)(H,20,23). The van der Waals surface area contributed by atoms with Gasteiger partial charge in [-0.25, -0.2) is 4.79 Å². The molecular weight excluding hydrogens is 306 g/mol. The number of urea groups is 1. The van der Waals surface area contributed by atoms with Gasteiger partial charge in [-0.2, -0.15) is 0 Å². The summed E-state index contributed by atoms with van der Waals surface area (Å²) in [6, 6.07) is 7.67. The van der Waals surface area contributed by atoms with Crippen LogP contribution in [0.1, 0.15) is 37.7 Å². The molecule has 1 heterocycles. The van der Waals surface area contributed by atoms with E-state index in [0.717, 1.165) is 24.2 Å². The lowest BCUT2D eigenvalue weighted by molar-refractivity contribution is -0.121. The number of rotatable bonds is 5. The maximum Gasteiger partial charge on any atom is 0.317 e. The summed E-state index contributed by atoms with van der Waals surface area (Å²) in [5, 5.41) is 2.92. The van der Waals surface area contributed by atoms with Crippen LogP contribution < -0.4 is 15.8 Å². The van der Waals surface area contributed by atoms with Gasteiger partial charge in [-0.05, 0) is 38.2 Å². The van der Waals surface area contributed by atoms with Gasteiger partial charge >= 0.3 is 6.03 Å². The summed E-state index contributed by atoms with van der Waals surface area (Å²) in [7, 11) is 0. The van der Waals surface area contributed by atoms with Crippen molar-refractivity contribution in [1.29, 1.82) is 0 Å². The summed E-state index contributed by atoms with van der Waals surface area (Å²) < 4.78 is 6.09. The first-order chi connectivity index (χ1) is 11.6. The fraction of sp³-hybridized carbons (Fsp3) is 0.556. The van der Waals surface area contributed by atoms with Crippen LogP contribution >= 0.6 is 0 Å². The number of likely N-dealkylation sites (tertiary alicyclic amines) is 1. The predicted molar refractivity (Wildman–Crippen MR) is 90.4 cm³/mol. The number of amides is 3. The Balaban J connectivity index is 1.54. The summed E-state index contributed by atoms with van der Waals surface area (Å²) in [6.07, 6.45) is 5.58. The van der Waals surface area contributed by atoms with Gasteiger partial charge in [0.1, 0.15) is 5.75 Å². The summed E-state index contributed by atoms with van der Waals surface area (Å²) in [6.45, 7) is 1.39. The van der Waals surface area contributed by atoms with E-state index < -0.39 is 0 Å². The third-order valence-electron chi connectivity index (χ3n) is 4.88. The molecule has 0 spiro atoms. The zero-order chi connectivity index (χ0) is 16.9. The Kier molecular flexibility index (Phi) is 5.23. The summed E-state index contributed by atoms with van der Waals surface area (Å²) in [4.78, 5) is 25.1. The van der Waals surface area contributed by atoms with Gasteiger partial charge in [0.2, 0.25) is 5.91 Å². The number of nitrogens with zero attached hydrogens (tertiary/aromatic N) is 1. The van der Waals surface area contributed by atoms with Crippen molar-refractivity contribution in [3.8, 4) is 5.75 Å². The Morgan fingerprint density at radius 3 is 2.67 bits per heavy atom. The third kappa shape index (κ3) is 3.99. The number of primary amides is 1. The van der Waals surface area contributed by atoms with Crippen LogP contribution in [-0.2, 0) is 11.3 Å². The molecule has 1 aromatic rings. The van der Waals surface area contributed by atoms with Crippen molar-refractivity contribution in [1.82, 2.24) is 10.2 Å². The number of carbonyl (C=O) groups is 2. The molecule has 130 valence electrons. The van der Waals surface area contributed by atoms with E-state index in [1.165, 1.54) is 12.8 Å². The van der Waals surface area contributed by atoms with Crippen LogP contribution in [-0.4, -0.2) is 36.0 Å². The Morgan fingerprint density at radius 2 is 1.96 bits per heavy atom. The fourth-order valence-corrected chi connectivity index (χ4v) is 3.41. The maximum atomic E-state index is 12.3. The van der Waals surface area contributed by atoms with Crippen molar-refractivity contribution in [2.45, 2.75) is 44.8 Å². The van der Waals surface area contributed by atoms with Crippen LogP contribution in [0.25, 0.3) is 0 Å². The number of carbonyl (C=O) groups excluding carboxylic acids is 2. The van der Waals surface area contributed by atoms with E-state index in [1.54, 1.807) is 4.90 Å². The highest BCUT2D eigenvalue weighted by Crippen LogP contribution is 2.26. The van der Waals surface area contributed by atoms with Gasteiger partial charge in [0.05, 0.1) is 12.0 Å². The number of nitrogens with one attached hydrogen (secondary N) is 1. The fourth-order valence-electron chi connectivity index (χ4n) is 3.41. The number of benzene rings is 1. The molecule has 3 amide bonds. The molecule has 3 N–H and O–H groups in total. The molecule has 1 aliphatic heterocycles. The predicted octanol–water partition coefficient (Wildman–Crippen LogP) is 2.02. The Hall–Kier alpha value is -2.24. The van der Waals surface area contributed by atoms with E-state index in [4.69, 9.17) is 10.5 Å². The van der Waals surface area contributed by atoms with Crippen LogP contribution in [0.3, 0.4) is 0 Å². The van der Waals surface area contributed by atoms with E-state index >= 15 is 0 Å². The van der Waals surface area contributed by atoms with Crippen LogP contribution in [0.4, 0.5) is 4.79 Å². The quantitative estimate of drug-likeness (QED) is 0.866. The molecule has 0 bridgehead atoms. The second-order valence-electron chi connectivity index (χ2n) is 6.62. The van der Waals surface area contributed by atoms with Crippen molar-refractivity contribution >= 4 is 11.9 Å². The topological polar surface area (TPSA) is 84.7 Å². The summed E-state index contributed by atoms with van der Waals surface area (Å²) in [5.41, 5.74) is 6.28. The lowest BCUT2D eigenvalue weighted by atomic mass is 10.1. The molecule has 0 radical (unpaired) electrons. The zero-order valence-electron chi connectivity index (χ0n) is 13.9. The molecule has 6 nitrogen and oxygen atoms in total. The molecule has 0 aromatic heterocycles. The van der Waals surface area contributed by atoms with Crippen molar-refractivity contribution in [2.24, 2.45) is 11.7 Å². The monoisotopic (exact) mass is 331 g/mol. The second-order valence-corrected chi connectivity index (χ2v) is 6.62. The van der Waals surface area contributed by atoms with E-state index in [2.05, 4.69) is 5.32 Å². The highest BCUT2D eigenvalue weighted by molar-refractivity contribution is 5.80. The molecule has 2 fully saturated rings. The minimum atomic E-state index is -0.333. The number of hydrogen-bond donors (Lipinski definition) is 2. The minimum absolute atomic E-state index is 0.158. The van der Waals surface area contributed by atoms with Gasteiger partial charge in [0.25, 0.3) is 0 Å². The molecule has 1 saturated heterocycles. The van der Waals surface area contributed by atoms with Gasteiger partial charge in [-0.3, -0.25) is 4.79 Å². The Labute approximate surface area is 142 Å². The average Bonchev–Trinajstić information content (AvgIpc) is 3.25. The first-order valence-electron chi connectivity index (χ1n) is 8.70. The minimum Gasteiger partial charge on any atom is -0.490 e. The smallest absolute Gasteiger partial charge is 0.317 e. The molecule has 1 aliphatic carbocycles. The van der Waals surface area contributed by atoms with Gasteiger partial charge in [0.15, 0.2) is 0 Å². The van der Waals surface area contributed by atoms with Crippen molar-refractivity contribution in [3.63, 3.8) is 0 Å². The first-order valence-corrected chi connectivity index (χ1v) is 8.70. The summed E-state index contributed by atoms with van der Waals surface area (Å²) >= 11 is 0. The molecule has 6 heteroatoms. The Bertz CT molecular complexity index is 599. The highest BCUT2D eigenvalue weighted by atomic mass is 16.5. The van der Waals surface area contributed by atoms with Crippen LogP contribution in [0.15, 0.2) is 24.3 Å². The van der Waals surface area contributed by atoms with Crippen LogP contribution in [0.2, 0.25) is 0 Å². The molecule has 3 rings (SSSR count). The van der Waals surface area contributed by atoms with Crippen molar-refractivity contribution in [3.05, 3.63) is 29.8 Å². The number of para-hydroxylation sites is 1. The second kappa shape index (κ2) is 7.55. The number of nitrogens with two attached hydrogens (primary N) is 1. The highest BCUT2D eigenvalue weighted by Gasteiger charge is 2.29. The van der Waals surface area contributed by atoms with E-state index in [9.17, 15) is 9.59 Å². The van der Waals surface area contributed by atoms with E-state index in [1.807, 2.05) is 24.3 Å². The zero-order valence-corrected chi connectivity index (χ0v) is 13.9. The molecule has 1 unspecified atom stereocenters. The molecule has 1 aromatic carbocycles. The molecule has 24 heavy (non-hydrogen) atoms. The number of ether oxygens (including phenoxy) is 1. The Morgan fingerprint density at radius 1 is 1.21 bits per heavy atom. The lowest BCUT2D eigenvalue weighted by Crippen LogP contribution is -2.39. The van der Waals surface area contributed by atoms with Gasteiger partial charge in [-0.1, -0.05) is 18.2 Å². The van der Waals surface area contributed by atoms with Crippen molar-refractivity contribution in [2.75, 3.05) is 13.1 Å². The molecule has 1 atom stereocenters. The maximum absolute atomic E-state index is 12.3. The van der Waals surface area contributed by atoms with E-state index in [0.29, 0.717) is 26.1 Å². The molecule has 1 saturated carbocycles. The first kappa shape index (κ1) is 16.6. The average molecular weight is 331 g/mol. The van der Waals surface area contributed by atoms with Crippen LogP contribution in [0.5, 0.6) is 5.75 Å². The third-order valence-corrected chi connectivity index (χ3v) is 4.88. The lowest BCUT2D eigenvalue weighted by Gasteiger charge is -2.19. The van der Waals surface area contributed by atoms with Gasteiger partial charge in [-0.15, -0.1) is 0 Å². The largest absolute Gasteiger partial charge is 0.490 e. The number of hydrogen-bond acceptors (Lipinski definition) is 3. The SMILES string of the molecule is NC(=O)C1CCN(C(=O)NCc2ccccc2OC2CCCC2)C1. The van der Waals surface area contributed by atoms with Crippen molar-refractivity contribution < 1.29 is 14.3 Å². The van der Waals surface area contributed by atoms with Gasteiger partial charge in [0, 0.05) is 25.2 Å². The summed E-state index contributed by atoms with van der Waals surface area (Å²) in [5.74, 6) is 0.287. The van der Waals surface area contributed by atoms with E-state index in [-0.39, 0.29) is 24.0 Å². The molecule has 2 aliphatic rings. The van der Waals surface area contributed by atoms with Crippen LogP contribution in [0, 0.1) is 5.92 Å².